The first-order valence-electron chi connectivity index (χ1n) is 11.8. The third-order valence-corrected chi connectivity index (χ3v) is 7.10. The summed E-state index contributed by atoms with van der Waals surface area (Å²) >= 11 is 3.50. The van der Waals surface area contributed by atoms with Crippen LogP contribution in [0.25, 0.3) is 6.08 Å². The van der Waals surface area contributed by atoms with Gasteiger partial charge in [0.2, 0.25) is 0 Å². The van der Waals surface area contributed by atoms with E-state index in [9.17, 15) is 14.0 Å². The largest absolute Gasteiger partial charge is 0.295 e. The first-order valence-corrected chi connectivity index (χ1v) is 12.6. The molecule has 0 unspecified atom stereocenters. The van der Waals surface area contributed by atoms with Crippen molar-refractivity contribution in [3.63, 3.8) is 0 Å². The molecule has 4 aromatic carbocycles. The molecule has 4 aromatic rings. The van der Waals surface area contributed by atoms with E-state index in [0.717, 1.165) is 15.7 Å². The Morgan fingerprint density at radius 1 is 0.703 bits per heavy atom. The van der Waals surface area contributed by atoms with Gasteiger partial charge in [0.15, 0.2) is 0 Å². The summed E-state index contributed by atoms with van der Waals surface area (Å²) in [6.07, 6.45) is 1.74. The van der Waals surface area contributed by atoms with Crippen LogP contribution >= 0.6 is 15.9 Å². The van der Waals surface area contributed by atoms with E-state index in [4.69, 9.17) is 0 Å². The number of anilines is 2. The molecule has 2 amide bonds. The predicted octanol–water partition coefficient (Wildman–Crippen LogP) is 7.06. The highest BCUT2D eigenvalue weighted by atomic mass is 79.9. The number of carbonyl (C=O) groups is 2. The lowest BCUT2D eigenvalue weighted by atomic mass is 9.93. The van der Waals surface area contributed by atoms with Gasteiger partial charge < -0.3 is 0 Å². The Hall–Kier alpha value is -4.29. The molecule has 0 saturated carbocycles. The van der Waals surface area contributed by atoms with Gasteiger partial charge in [-0.15, -0.1) is 0 Å². The number of benzene rings is 4. The first-order chi connectivity index (χ1) is 18.0. The molecular formula is C31H20BrFN2O2. The minimum absolute atomic E-state index is 0.256. The number of nitrogens with zero attached hydrogens (tertiary/aromatic N) is 2. The maximum Gasteiger partial charge on any atom is 0.276 e. The molecule has 0 saturated heterocycles. The van der Waals surface area contributed by atoms with Gasteiger partial charge in [0.1, 0.15) is 11.5 Å². The van der Waals surface area contributed by atoms with E-state index in [2.05, 4.69) is 15.9 Å². The Morgan fingerprint density at radius 2 is 1.30 bits per heavy atom. The van der Waals surface area contributed by atoms with E-state index in [1.165, 1.54) is 17.0 Å². The zero-order chi connectivity index (χ0) is 25.5. The minimum Gasteiger partial charge on any atom is -0.295 e. The van der Waals surface area contributed by atoms with Gasteiger partial charge in [-0.3, -0.25) is 19.4 Å². The Labute approximate surface area is 222 Å². The molecule has 0 aliphatic carbocycles. The summed E-state index contributed by atoms with van der Waals surface area (Å²) in [6, 6.07) is 31.9. The third-order valence-electron chi connectivity index (χ3n) is 6.57. The molecule has 6 rings (SSSR count). The maximum atomic E-state index is 14.2. The Bertz CT molecular complexity index is 1560. The Kier molecular flexibility index (Phi) is 5.81. The van der Waals surface area contributed by atoms with Gasteiger partial charge in [0.25, 0.3) is 11.8 Å². The van der Waals surface area contributed by atoms with Crippen LogP contribution in [0, 0.1) is 5.82 Å². The smallest absolute Gasteiger partial charge is 0.276 e. The second kappa shape index (κ2) is 9.30. The van der Waals surface area contributed by atoms with Gasteiger partial charge in [0, 0.05) is 27.0 Å². The normalized spacial score (nSPS) is 18.2. The van der Waals surface area contributed by atoms with Crippen molar-refractivity contribution < 1.29 is 14.0 Å². The first kappa shape index (κ1) is 23.1. The van der Waals surface area contributed by atoms with Crippen molar-refractivity contribution in [2.45, 2.75) is 6.04 Å². The topological polar surface area (TPSA) is 40.6 Å². The molecule has 0 bridgehead atoms. The SMILES string of the molecule is O=C1/C(=C\c2ccc(F)cc2)C2=C(C(=O)N(c3ccccc3)[C@@H]2c2ccc(Br)cc2)N1c1ccccc1. The van der Waals surface area contributed by atoms with E-state index in [1.54, 1.807) is 23.1 Å². The summed E-state index contributed by atoms with van der Waals surface area (Å²) in [4.78, 5) is 31.4. The summed E-state index contributed by atoms with van der Waals surface area (Å²) in [7, 11) is 0. The molecule has 6 heteroatoms. The fraction of sp³-hybridized carbons (Fsp3) is 0.0323. The van der Waals surface area contributed by atoms with Gasteiger partial charge in [-0.25, -0.2) is 4.39 Å². The van der Waals surface area contributed by atoms with Gasteiger partial charge in [0.05, 0.1) is 6.04 Å². The monoisotopic (exact) mass is 550 g/mol. The molecule has 0 aromatic heterocycles. The molecule has 0 spiro atoms. The summed E-state index contributed by atoms with van der Waals surface area (Å²) < 4.78 is 14.5. The number of rotatable bonds is 4. The highest BCUT2D eigenvalue weighted by Crippen LogP contribution is 2.50. The van der Waals surface area contributed by atoms with Crippen LogP contribution in [-0.2, 0) is 9.59 Å². The number of amides is 2. The lowest BCUT2D eigenvalue weighted by molar-refractivity contribution is -0.118. The lowest BCUT2D eigenvalue weighted by Crippen LogP contribution is -2.38. The second-order valence-electron chi connectivity index (χ2n) is 8.81. The summed E-state index contributed by atoms with van der Waals surface area (Å²) in [5, 5.41) is 0. The van der Waals surface area contributed by atoms with Crippen LogP contribution in [-0.4, -0.2) is 11.8 Å². The van der Waals surface area contributed by atoms with Gasteiger partial charge in [-0.05, 0) is 65.7 Å². The van der Waals surface area contributed by atoms with E-state index in [-0.39, 0.29) is 17.6 Å². The van der Waals surface area contributed by atoms with Crippen molar-refractivity contribution in [2.75, 3.05) is 9.80 Å². The molecular weight excluding hydrogens is 531 g/mol. The van der Waals surface area contributed by atoms with Gasteiger partial charge in [-0.2, -0.15) is 0 Å². The lowest BCUT2D eigenvalue weighted by Gasteiger charge is -2.30. The van der Waals surface area contributed by atoms with E-state index in [1.807, 2.05) is 84.9 Å². The zero-order valence-corrected chi connectivity index (χ0v) is 21.1. The van der Waals surface area contributed by atoms with Crippen LogP contribution < -0.4 is 9.80 Å². The van der Waals surface area contributed by atoms with E-state index >= 15 is 0 Å². The fourth-order valence-corrected chi connectivity index (χ4v) is 5.20. The standard InChI is InChI=1S/C31H20BrFN2O2/c32-22-15-13-21(14-16-22)28-27-26(19-20-11-17-23(33)18-12-20)30(36)35(25-9-5-2-6-10-25)29(27)31(37)34(28)24-7-3-1-4-8-24/h1-19,28H/b26-19-/t28-/m1/s1. The number of carbonyl (C=O) groups excluding carboxylic acids is 2. The number of para-hydroxylation sites is 2. The van der Waals surface area contributed by atoms with Crippen molar-refractivity contribution >= 4 is 45.2 Å². The van der Waals surface area contributed by atoms with Crippen LogP contribution in [0.4, 0.5) is 15.8 Å². The minimum atomic E-state index is -0.526. The Balaban J connectivity index is 1.61. The molecule has 37 heavy (non-hydrogen) atoms. The molecule has 0 N–H and O–H groups in total. The maximum absolute atomic E-state index is 14.2. The van der Waals surface area contributed by atoms with Crippen molar-refractivity contribution in [3.05, 3.63) is 147 Å². The van der Waals surface area contributed by atoms with Crippen molar-refractivity contribution in [3.8, 4) is 0 Å². The van der Waals surface area contributed by atoms with Gasteiger partial charge >= 0.3 is 0 Å². The van der Waals surface area contributed by atoms with Crippen molar-refractivity contribution in [2.24, 2.45) is 0 Å². The number of halogens is 2. The van der Waals surface area contributed by atoms with Gasteiger partial charge in [-0.1, -0.05) is 76.6 Å². The van der Waals surface area contributed by atoms with Crippen LogP contribution in [0.2, 0.25) is 0 Å². The molecule has 0 fully saturated rings. The van der Waals surface area contributed by atoms with Crippen LogP contribution in [0.1, 0.15) is 17.2 Å². The van der Waals surface area contributed by atoms with E-state index in [0.29, 0.717) is 28.1 Å². The quantitative estimate of drug-likeness (QED) is 0.255. The molecule has 2 heterocycles. The van der Waals surface area contributed by atoms with Crippen molar-refractivity contribution in [1.82, 2.24) is 0 Å². The predicted molar refractivity (Wildman–Crippen MR) is 146 cm³/mol. The molecule has 2 aliphatic heterocycles. The third kappa shape index (κ3) is 3.99. The zero-order valence-electron chi connectivity index (χ0n) is 19.5. The fourth-order valence-electron chi connectivity index (χ4n) is 4.94. The highest BCUT2D eigenvalue weighted by Gasteiger charge is 2.52. The number of hydrogen-bond acceptors (Lipinski definition) is 2. The second-order valence-corrected chi connectivity index (χ2v) is 9.73. The van der Waals surface area contributed by atoms with Crippen LogP contribution in [0.3, 0.4) is 0 Å². The highest BCUT2D eigenvalue weighted by molar-refractivity contribution is 9.10. The molecule has 1 atom stereocenters. The Morgan fingerprint density at radius 3 is 1.92 bits per heavy atom. The van der Waals surface area contributed by atoms with Crippen molar-refractivity contribution in [1.29, 1.82) is 0 Å². The van der Waals surface area contributed by atoms with Crippen LogP contribution in [0.15, 0.2) is 131 Å². The van der Waals surface area contributed by atoms with Crippen LogP contribution in [0.5, 0.6) is 0 Å². The average molecular weight is 551 g/mol. The summed E-state index contributed by atoms with van der Waals surface area (Å²) in [5.74, 6) is -0.901. The number of hydrogen-bond donors (Lipinski definition) is 0. The molecule has 4 nitrogen and oxygen atoms in total. The average Bonchev–Trinajstić information content (AvgIpc) is 3.37. The molecule has 180 valence electrons. The molecule has 0 radical (unpaired) electrons. The summed E-state index contributed by atoms with van der Waals surface area (Å²) in [5.41, 5.74) is 4.27. The summed E-state index contributed by atoms with van der Waals surface area (Å²) in [6.45, 7) is 0. The molecule has 2 aliphatic rings. The van der Waals surface area contributed by atoms with E-state index < -0.39 is 6.04 Å².